The zero-order valence-electron chi connectivity index (χ0n) is 11.1. The van der Waals surface area contributed by atoms with Crippen LogP contribution in [0.2, 0.25) is 0 Å². The molecule has 0 bridgehead atoms. The van der Waals surface area contributed by atoms with E-state index in [0.717, 1.165) is 11.2 Å². The number of nitrogens with zero attached hydrogens (tertiary/aromatic N) is 1. The van der Waals surface area contributed by atoms with Gasteiger partial charge in [0.25, 0.3) is 0 Å². The summed E-state index contributed by atoms with van der Waals surface area (Å²) >= 11 is 0. The molecule has 1 aliphatic rings. The fraction of sp³-hybridized carbons (Fsp3) is 0.583. The van der Waals surface area contributed by atoms with Crippen LogP contribution >= 0.6 is 0 Å². The topological polar surface area (TPSA) is 57.4 Å². The van der Waals surface area contributed by atoms with Gasteiger partial charge in [-0.05, 0) is 40.7 Å². The lowest BCUT2D eigenvalue weighted by Gasteiger charge is -2.32. The molecule has 0 aromatic carbocycles. The highest BCUT2D eigenvalue weighted by atomic mass is 16.7. The van der Waals surface area contributed by atoms with Gasteiger partial charge in [-0.1, -0.05) is 0 Å². The predicted molar refractivity (Wildman–Crippen MR) is 69.1 cm³/mol. The monoisotopic (exact) mass is 234 g/mol. The van der Waals surface area contributed by atoms with E-state index in [4.69, 9.17) is 15.0 Å². The summed E-state index contributed by atoms with van der Waals surface area (Å²) in [5.74, 6) is 0. The first-order valence-corrected chi connectivity index (χ1v) is 5.80. The first-order valence-electron chi connectivity index (χ1n) is 5.80. The molecule has 0 atom stereocenters. The van der Waals surface area contributed by atoms with Crippen LogP contribution in [0.1, 0.15) is 33.4 Å². The van der Waals surface area contributed by atoms with Crippen molar-refractivity contribution in [3.05, 3.63) is 18.0 Å². The molecule has 0 radical (unpaired) electrons. The van der Waals surface area contributed by atoms with Gasteiger partial charge in [-0.2, -0.15) is 0 Å². The van der Waals surface area contributed by atoms with E-state index < -0.39 is 7.12 Å². The first-order chi connectivity index (χ1) is 7.73. The van der Waals surface area contributed by atoms with Crippen molar-refractivity contribution in [1.82, 2.24) is 4.98 Å². The first kappa shape index (κ1) is 12.4. The standard InChI is InChI=1S/C12H19BN2O2/c1-8-6-10(14)9(7-15-8)13-16-11(2,3)12(4,5)17-13/h6-7H,1-5H3,(H2,14,15). The fourth-order valence-electron chi connectivity index (χ4n) is 1.76. The smallest absolute Gasteiger partial charge is 0.399 e. The van der Waals surface area contributed by atoms with Crippen LogP contribution in [0.3, 0.4) is 0 Å². The molecule has 0 spiro atoms. The van der Waals surface area contributed by atoms with E-state index in [0.29, 0.717) is 5.69 Å². The Hall–Kier alpha value is -1.07. The van der Waals surface area contributed by atoms with Crippen LogP contribution in [0.5, 0.6) is 0 Å². The lowest BCUT2D eigenvalue weighted by molar-refractivity contribution is 0.00578. The van der Waals surface area contributed by atoms with E-state index in [9.17, 15) is 0 Å². The van der Waals surface area contributed by atoms with Crippen molar-refractivity contribution >= 4 is 18.3 Å². The number of hydrogen-bond acceptors (Lipinski definition) is 4. The highest BCUT2D eigenvalue weighted by molar-refractivity contribution is 6.63. The Kier molecular flexibility index (Phi) is 2.71. The van der Waals surface area contributed by atoms with Crippen molar-refractivity contribution in [3.8, 4) is 0 Å². The van der Waals surface area contributed by atoms with E-state index in [2.05, 4.69) is 4.98 Å². The van der Waals surface area contributed by atoms with Gasteiger partial charge in [0.15, 0.2) is 0 Å². The zero-order chi connectivity index (χ0) is 12.8. The summed E-state index contributed by atoms with van der Waals surface area (Å²) in [5.41, 5.74) is 7.63. The maximum Gasteiger partial charge on any atom is 0.498 e. The predicted octanol–water partition coefficient (Wildman–Crippen LogP) is 1.27. The van der Waals surface area contributed by atoms with Crippen LogP contribution in [-0.4, -0.2) is 23.3 Å². The average Bonchev–Trinajstić information content (AvgIpc) is 2.35. The third-order valence-electron chi connectivity index (χ3n) is 3.61. The number of aromatic nitrogens is 1. The molecule has 1 aromatic rings. The van der Waals surface area contributed by atoms with Gasteiger partial charge in [0.2, 0.25) is 0 Å². The lowest BCUT2D eigenvalue weighted by Crippen LogP contribution is -2.41. The Morgan fingerprint density at radius 2 is 1.71 bits per heavy atom. The fourth-order valence-corrected chi connectivity index (χ4v) is 1.76. The van der Waals surface area contributed by atoms with Crippen molar-refractivity contribution in [2.75, 3.05) is 5.73 Å². The van der Waals surface area contributed by atoms with Crippen LogP contribution in [-0.2, 0) is 9.31 Å². The minimum atomic E-state index is -0.437. The molecule has 5 heteroatoms. The maximum absolute atomic E-state index is 5.98. The third kappa shape index (κ3) is 2.05. The molecule has 2 heterocycles. The van der Waals surface area contributed by atoms with Crippen LogP contribution < -0.4 is 11.2 Å². The number of aryl methyl sites for hydroxylation is 1. The zero-order valence-corrected chi connectivity index (χ0v) is 11.1. The van der Waals surface area contributed by atoms with Crippen molar-refractivity contribution in [1.29, 1.82) is 0 Å². The molecule has 0 amide bonds. The van der Waals surface area contributed by atoms with Gasteiger partial charge in [0.05, 0.1) is 11.2 Å². The van der Waals surface area contributed by atoms with Crippen molar-refractivity contribution in [2.45, 2.75) is 45.8 Å². The van der Waals surface area contributed by atoms with Crippen molar-refractivity contribution in [3.63, 3.8) is 0 Å². The van der Waals surface area contributed by atoms with Gasteiger partial charge in [-0.25, -0.2) is 0 Å². The summed E-state index contributed by atoms with van der Waals surface area (Å²) in [6, 6.07) is 1.83. The van der Waals surface area contributed by atoms with Gasteiger partial charge in [0, 0.05) is 23.0 Å². The highest BCUT2D eigenvalue weighted by Gasteiger charge is 2.52. The van der Waals surface area contributed by atoms with Crippen molar-refractivity contribution in [2.24, 2.45) is 0 Å². The van der Waals surface area contributed by atoms with Crippen LogP contribution in [0, 0.1) is 6.92 Å². The number of nitrogen functional groups attached to an aromatic ring is 1. The molecular formula is C12H19BN2O2. The Balaban J connectivity index is 2.32. The molecule has 17 heavy (non-hydrogen) atoms. The van der Waals surface area contributed by atoms with E-state index >= 15 is 0 Å². The summed E-state index contributed by atoms with van der Waals surface area (Å²) in [7, 11) is -0.437. The van der Waals surface area contributed by atoms with Gasteiger partial charge < -0.3 is 15.0 Å². The van der Waals surface area contributed by atoms with E-state index in [1.54, 1.807) is 6.20 Å². The quantitative estimate of drug-likeness (QED) is 0.743. The van der Waals surface area contributed by atoms with Crippen molar-refractivity contribution < 1.29 is 9.31 Å². The van der Waals surface area contributed by atoms with Gasteiger partial charge in [-0.3, -0.25) is 4.98 Å². The molecule has 0 aliphatic carbocycles. The Morgan fingerprint density at radius 3 is 2.18 bits per heavy atom. The number of rotatable bonds is 1. The van der Waals surface area contributed by atoms with E-state index in [-0.39, 0.29) is 11.2 Å². The third-order valence-corrected chi connectivity index (χ3v) is 3.61. The summed E-state index contributed by atoms with van der Waals surface area (Å²) in [6.45, 7) is 9.98. The molecule has 0 saturated carbocycles. The largest absolute Gasteiger partial charge is 0.498 e. The Labute approximate surface area is 103 Å². The molecule has 0 unspecified atom stereocenters. The van der Waals surface area contributed by atoms with Crippen LogP contribution in [0.4, 0.5) is 5.69 Å². The van der Waals surface area contributed by atoms with Crippen LogP contribution in [0.15, 0.2) is 12.3 Å². The number of pyridine rings is 1. The van der Waals surface area contributed by atoms with Crippen LogP contribution in [0.25, 0.3) is 0 Å². The summed E-state index contributed by atoms with van der Waals surface area (Å²) in [4.78, 5) is 4.24. The number of anilines is 1. The van der Waals surface area contributed by atoms with Gasteiger partial charge in [-0.15, -0.1) is 0 Å². The number of nitrogens with two attached hydrogens (primary N) is 1. The van der Waals surface area contributed by atoms with Gasteiger partial charge in [0.1, 0.15) is 0 Å². The molecule has 92 valence electrons. The summed E-state index contributed by atoms with van der Waals surface area (Å²) < 4.78 is 11.9. The second-order valence-electron chi connectivity index (χ2n) is 5.54. The molecule has 1 aliphatic heterocycles. The average molecular weight is 234 g/mol. The maximum atomic E-state index is 5.98. The van der Waals surface area contributed by atoms with E-state index in [1.807, 2.05) is 40.7 Å². The molecule has 4 nitrogen and oxygen atoms in total. The normalized spacial score (nSPS) is 21.8. The molecule has 1 aromatic heterocycles. The minimum absolute atomic E-state index is 0.352. The number of hydrogen-bond donors (Lipinski definition) is 1. The second-order valence-corrected chi connectivity index (χ2v) is 5.54. The second kappa shape index (κ2) is 3.72. The Morgan fingerprint density at radius 1 is 1.18 bits per heavy atom. The van der Waals surface area contributed by atoms with E-state index in [1.165, 1.54) is 0 Å². The SMILES string of the molecule is Cc1cc(N)c(B2OC(C)(C)C(C)(C)O2)cn1. The minimum Gasteiger partial charge on any atom is -0.399 e. The molecular weight excluding hydrogens is 215 g/mol. The Bertz CT molecular complexity index is 430. The summed E-state index contributed by atoms with van der Waals surface area (Å²) in [5, 5.41) is 0. The lowest BCUT2D eigenvalue weighted by atomic mass is 9.79. The molecule has 2 rings (SSSR count). The summed E-state index contributed by atoms with van der Waals surface area (Å²) in [6.07, 6.45) is 1.73. The molecule has 1 fully saturated rings. The molecule has 1 saturated heterocycles. The van der Waals surface area contributed by atoms with Gasteiger partial charge >= 0.3 is 7.12 Å². The molecule has 2 N–H and O–H groups in total. The highest BCUT2D eigenvalue weighted by Crippen LogP contribution is 2.36.